The Balaban J connectivity index is 0.000000336. The lowest BCUT2D eigenvalue weighted by Gasteiger charge is -2.16. The standard InChI is InChI=1S/C9H16O.C3H6O2/c1-8(2)5-7(8)6-9(3,4)10;1-2-3(4)5/h5,10H,6H2,1-4H3;2H2,1H3,(H,4,5). The second-order valence-electron chi connectivity index (χ2n) is 5.13. The Bertz CT molecular complexity index is 257. The van der Waals surface area contributed by atoms with Gasteiger partial charge in [0.1, 0.15) is 0 Å². The van der Waals surface area contributed by atoms with Crippen LogP contribution in [-0.2, 0) is 4.79 Å². The van der Waals surface area contributed by atoms with E-state index in [-0.39, 0.29) is 6.42 Å². The molecule has 15 heavy (non-hydrogen) atoms. The molecule has 0 aliphatic heterocycles. The number of rotatable bonds is 3. The van der Waals surface area contributed by atoms with Gasteiger partial charge in [0.05, 0.1) is 5.60 Å². The number of hydrogen-bond donors (Lipinski definition) is 2. The smallest absolute Gasteiger partial charge is 0.303 e. The van der Waals surface area contributed by atoms with Crippen LogP contribution in [0.4, 0.5) is 0 Å². The molecule has 0 atom stereocenters. The summed E-state index contributed by atoms with van der Waals surface area (Å²) in [5.74, 6) is -0.745. The fraction of sp³-hybridized carbons (Fsp3) is 0.750. The first kappa shape index (κ1) is 14.2. The predicted octanol–water partition coefficient (Wildman–Crippen LogP) is 2.59. The number of carbonyl (C=O) groups is 1. The molecular formula is C12H22O3. The van der Waals surface area contributed by atoms with Crippen LogP contribution in [-0.4, -0.2) is 21.8 Å². The van der Waals surface area contributed by atoms with E-state index in [4.69, 9.17) is 5.11 Å². The van der Waals surface area contributed by atoms with Crippen LogP contribution in [0.3, 0.4) is 0 Å². The second kappa shape index (κ2) is 4.79. The summed E-state index contributed by atoms with van der Waals surface area (Å²) in [7, 11) is 0. The summed E-state index contributed by atoms with van der Waals surface area (Å²) in [4.78, 5) is 9.37. The van der Waals surface area contributed by atoms with Gasteiger partial charge < -0.3 is 10.2 Å². The first-order valence-corrected chi connectivity index (χ1v) is 5.25. The molecule has 0 radical (unpaired) electrons. The normalized spacial score (nSPS) is 17.3. The first-order chi connectivity index (χ1) is 6.58. The molecule has 0 aromatic rings. The van der Waals surface area contributed by atoms with E-state index in [2.05, 4.69) is 19.9 Å². The van der Waals surface area contributed by atoms with Gasteiger partial charge in [-0.25, -0.2) is 0 Å². The van der Waals surface area contributed by atoms with E-state index in [1.807, 2.05) is 13.8 Å². The molecule has 0 spiro atoms. The van der Waals surface area contributed by atoms with Crippen molar-refractivity contribution in [2.24, 2.45) is 5.41 Å². The molecule has 0 saturated carbocycles. The molecule has 2 N–H and O–H groups in total. The molecule has 1 aliphatic rings. The zero-order valence-corrected chi connectivity index (χ0v) is 10.3. The van der Waals surface area contributed by atoms with Crippen molar-refractivity contribution in [3.63, 3.8) is 0 Å². The minimum atomic E-state index is -0.745. The molecule has 0 bridgehead atoms. The Hall–Kier alpha value is -0.830. The van der Waals surface area contributed by atoms with Crippen LogP contribution < -0.4 is 0 Å². The SMILES string of the molecule is CC(C)(O)CC1=CC1(C)C.CCC(=O)O. The van der Waals surface area contributed by atoms with Gasteiger partial charge in [0.2, 0.25) is 0 Å². The molecular weight excluding hydrogens is 192 g/mol. The quantitative estimate of drug-likeness (QED) is 0.710. The van der Waals surface area contributed by atoms with Crippen molar-refractivity contribution in [2.45, 2.75) is 53.1 Å². The average molecular weight is 214 g/mol. The Morgan fingerprint density at radius 2 is 1.80 bits per heavy atom. The molecule has 0 saturated heterocycles. The van der Waals surface area contributed by atoms with Crippen LogP contribution in [0.25, 0.3) is 0 Å². The molecule has 0 unspecified atom stereocenters. The molecule has 1 aliphatic carbocycles. The maximum atomic E-state index is 9.42. The van der Waals surface area contributed by atoms with Crippen molar-refractivity contribution in [2.75, 3.05) is 0 Å². The average Bonchev–Trinajstić information content (AvgIpc) is 2.55. The Morgan fingerprint density at radius 1 is 1.47 bits per heavy atom. The molecule has 1 rings (SSSR count). The Labute approximate surface area is 91.8 Å². The van der Waals surface area contributed by atoms with E-state index < -0.39 is 11.6 Å². The maximum Gasteiger partial charge on any atom is 0.303 e. The first-order valence-electron chi connectivity index (χ1n) is 5.25. The molecule has 0 fully saturated rings. The van der Waals surface area contributed by atoms with Gasteiger partial charge in [0, 0.05) is 11.8 Å². The zero-order chi connectivity index (χ0) is 12.3. The molecule has 0 amide bonds. The number of allylic oxidation sites excluding steroid dienone is 1. The summed E-state index contributed by atoms with van der Waals surface area (Å²) in [5, 5.41) is 17.1. The predicted molar refractivity (Wildman–Crippen MR) is 60.7 cm³/mol. The number of carboxylic acids is 1. The number of hydrogen-bond acceptors (Lipinski definition) is 2. The van der Waals surface area contributed by atoms with E-state index in [1.54, 1.807) is 6.92 Å². The second-order valence-corrected chi connectivity index (χ2v) is 5.13. The van der Waals surface area contributed by atoms with Crippen LogP contribution in [0.2, 0.25) is 0 Å². The molecule has 0 aromatic carbocycles. The van der Waals surface area contributed by atoms with Crippen molar-refractivity contribution in [1.29, 1.82) is 0 Å². The van der Waals surface area contributed by atoms with Crippen molar-refractivity contribution < 1.29 is 15.0 Å². The summed E-state index contributed by atoms with van der Waals surface area (Å²) in [6.07, 6.45) is 3.25. The van der Waals surface area contributed by atoms with E-state index >= 15 is 0 Å². The highest BCUT2D eigenvalue weighted by molar-refractivity contribution is 5.66. The van der Waals surface area contributed by atoms with Crippen LogP contribution in [0.5, 0.6) is 0 Å². The van der Waals surface area contributed by atoms with E-state index in [0.717, 1.165) is 6.42 Å². The fourth-order valence-corrected chi connectivity index (χ4v) is 1.14. The maximum absolute atomic E-state index is 9.42. The largest absolute Gasteiger partial charge is 0.481 e. The van der Waals surface area contributed by atoms with Crippen molar-refractivity contribution in [1.82, 2.24) is 0 Å². The summed E-state index contributed by atoms with van der Waals surface area (Å²) >= 11 is 0. The highest BCUT2D eigenvalue weighted by Crippen LogP contribution is 2.46. The van der Waals surface area contributed by atoms with Crippen LogP contribution in [0.1, 0.15) is 47.5 Å². The Kier molecular flexibility index (Phi) is 4.53. The van der Waals surface area contributed by atoms with Crippen molar-refractivity contribution in [3.05, 3.63) is 11.6 Å². The topological polar surface area (TPSA) is 57.5 Å². The zero-order valence-electron chi connectivity index (χ0n) is 10.3. The lowest BCUT2D eigenvalue weighted by atomic mass is 9.97. The van der Waals surface area contributed by atoms with Gasteiger partial charge in [0.25, 0.3) is 0 Å². The fourth-order valence-electron chi connectivity index (χ4n) is 1.14. The third-order valence-corrected chi connectivity index (χ3v) is 2.20. The van der Waals surface area contributed by atoms with Crippen LogP contribution >= 0.6 is 0 Å². The summed E-state index contributed by atoms with van der Waals surface area (Å²) in [6.45, 7) is 9.65. The number of aliphatic carboxylic acids is 1. The highest BCUT2D eigenvalue weighted by Gasteiger charge is 2.36. The van der Waals surface area contributed by atoms with Gasteiger partial charge >= 0.3 is 5.97 Å². The summed E-state index contributed by atoms with van der Waals surface area (Å²) in [5.41, 5.74) is 1.17. The van der Waals surface area contributed by atoms with Crippen molar-refractivity contribution >= 4 is 5.97 Å². The molecule has 0 heterocycles. The third-order valence-electron chi connectivity index (χ3n) is 2.20. The minimum absolute atomic E-state index is 0.222. The third kappa shape index (κ3) is 7.14. The van der Waals surface area contributed by atoms with E-state index in [1.165, 1.54) is 5.57 Å². The molecule has 88 valence electrons. The molecule has 3 heteroatoms. The summed E-state index contributed by atoms with van der Waals surface area (Å²) < 4.78 is 0. The van der Waals surface area contributed by atoms with Gasteiger partial charge in [-0.3, -0.25) is 4.79 Å². The van der Waals surface area contributed by atoms with Gasteiger partial charge in [-0.2, -0.15) is 0 Å². The van der Waals surface area contributed by atoms with Crippen LogP contribution in [0, 0.1) is 5.41 Å². The van der Waals surface area contributed by atoms with Crippen molar-refractivity contribution in [3.8, 4) is 0 Å². The lowest BCUT2D eigenvalue weighted by molar-refractivity contribution is -0.136. The molecule has 3 nitrogen and oxygen atoms in total. The van der Waals surface area contributed by atoms with Gasteiger partial charge in [-0.05, 0) is 20.3 Å². The molecule has 0 aromatic heterocycles. The number of aliphatic hydroxyl groups is 1. The lowest BCUT2D eigenvalue weighted by Crippen LogP contribution is -2.18. The highest BCUT2D eigenvalue weighted by atomic mass is 16.4. The van der Waals surface area contributed by atoms with Crippen LogP contribution in [0.15, 0.2) is 11.6 Å². The summed E-state index contributed by atoms with van der Waals surface area (Å²) in [6, 6.07) is 0. The minimum Gasteiger partial charge on any atom is -0.481 e. The van der Waals surface area contributed by atoms with Gasteiger partial charge in [0.15, 0.2) is 0 Å². The van der Waals surface area contributed by atoms with Gasteiger partial charge in [-0.15, -0.1) is 0 Å². The van der Waals surface area contributed by atoms with E-state index in [0.29, 0.717) is 5.41 Å². The van der Waals surface area contributed by atoms with E-state index in [9.17, 15) is 9.90 Å². The number of carboxylic acid groups (broad SMARTS) is 1. The monoisotopic (exact) mass is 214 g/mol. The Morgan fingerprint density at radius 3 is 1.87 bits per heavy atom. The van der Waals surface area contributed by atoms with Gasteiger partial charge in [-0.1, -0.05) is 32.4 Å².